The maximum absolute atomic E-state index is 14.3. The number of hydrogen-bond acceptors (Lipinski definition) is 0. The van der Waals surface area contributed by atoms with Crippen LogP contribution in [0.5, 0.6) is 0 Å². The molecular formula is C18H22ClFN+. The smallest absolute Gasteiger partial charge is 0.173 e. The van der Waals surface area contributed by atoms with E-state index in [9.17, 15) is 4.39 Å². The summed E-state index contributed by atoms with van der Waals surface area (Å²) >= 11 is 5.90. The van der Waals surface area contributed by atoms with Gasteiger partial charge in [0.15, 0.2) is 12.7 Å². The van der Waals surface area contributed by atoms with E-state index in [-0.39, 0.29) is 17.3 Å². The molecule has 0 amide bonds. The highest BCUT2D eigenvalue weighted by Crippen LogP contribution is 2.22. The van der Waals surface area contributed by atoms with Gasteiger partial charge in [0.05, 0.1) is 0 Å². The fourth-order valence-electron chi connectivity index (χ4n) is 2.31. The fourth-order valence-corrected chi connectivity index (χ4v) is 2.43. The van der Waals surface area contributed by atoms with Gasteiger partial charge < -0.3 is 0 Å². The van der Waals surface area contributed by atoms with E-state index in [4.69, 9.17) is 11.6 Å². The predicted molar refractivity (Wildman–Crippen MR) is 85.2 cm³/mol. The molecule has 1 aromatic carbocycles. The van der Waals surface area contributed by atoms with Crippen LogP contribution in [-0.4, -0.2) is 0 Å². The summed E-state index contributed by atoms with van der Waals surface area (Å²) in [7, 11) is 0. The summed E-state index contributed by atoms with van der Waals surface area (Å²) < 4.78 is 15.9. The molecule has 0 aliphatic heterocycles. The minimum atomic E-state index is -0.191. The fraction of sp³-hybridized carbons (Fsp3) is 0.389. The van der Waals surface area contributed by atoms with Crippen molar-refractivity contribution in [2.45, 2.75) is 45.6 Å². The number of pyridine rings is 1. The summed E-state index contributed by atoms with van der Waals surface area (Å²) in [6, 6.07) is 11.4. The Morgan fingerprint density at radius 2 is 1.76 bits per heavy atom. The first kappa shape index (κ1) is 16.0. The van der Waals surface area contributed by atoms with Gasteiger partial charge in [-0.05, 0) is 28.7 Å². The Bertz CT molecular complexity index is 614. The molecule has 1 atom stereocenters. The molecule has 0 fully saturated rings. The average molecular weight is 307 g/mol. The van der Waals surface area contributed by atoms with E-state index in [0.717, 1.165) is 16.1 Å². The lowest BCUT2D eigenvalue weighted by Gasteiger charge is -2.18. The van der Waals surface area contributed by atoms with Crippen molar-refractivity contribution < 1.29 is 8.96 Å². The van der Waals surface area contributed by atoms with Gasteiger partial charge in [0.2, 0.25) is 0 Å². The Morgan fingerprint density at radius 3 is 2.29 bits per heavy atom. The molecule has 1 aromatic heterocycles. The molecule has 3 heteroatoms. The molecule has 0 saturated carbocycles. The molecular weight excluding hydrogens is 285 g/mol. The van der Waals surface area contributed by atoms with Crippen molar-refractivity contribution in [1.82, 2.24) is 0 Å². The normalized spacial score (nSPS) is 13.2. The number of halogens is 2. The molecule has 2 aromatic rings. The molecule has 0 N–H and O–H groups in total. The topological polar surface area (TPSA) is 3.88 Å². The van der Waals surface area contributed by atoms with Gasteiger partial charge in [0.25, 0.3) is 0 Å². The van der Waals surface area contributed by atoms with Crippen LogP contribution in [0.3, 0.4) is 0 Å². The van der Waals surface area contributed by atoms with Crippen LogP contribution in [0.25, 0.3) is 0 Å². The van der Waals surface area contributed by atoms with Crippen molar-refractivity contribution in [2.75, 3.05) is 0 Å². The second-order valence-electron chi connectivity index (χ2n) is 6.59. The first-order chi connectivity index (χ1) is 9.77. The van der Waals surface area contributed by atoms with E-state index in [1.807, 2.05) is 36.5 Å². The maximum atomic E-state index is 14.3. The lowest BCUT2D eigenvalue weighted by atomic mass is 9.88. The molecule has 1 heterocycles. The Balaban J connectivity index is 2.18. The van der Waals surface area contributed by atoms with Crippen LogP contribution < -0.4 is 4.57 Å². The quantitative estimate of drug-likeness (QED) is 0.563. The minimum Gasteiger partial charge on any atom is -0.173 e. The van der Waals surface area contributed by atoms with Gasteiger partial charge in [-0.3, -0.25) is 0 Å². The van der Waals surface area contributed by atoms with Gasteiger partial charge >= 0.3 is 5.95 Å². The van der Waals surface area contributed by atoms with E-state index >= 15 is 0 Å². The number of rotatable bonds is 3. The van der Waals surface area contributed by atoms with Gasteiger partial charge in [-0.15, -0.1) is 4.39 Å². The highest BCUT2D eigenvalue weighted by atomic mass is 35.5. The lowest BCUT2D eigenvalue weighted by Crippen LogP contribution is -2.40. The van der Waals surface area contributed by atoms with Crippen molar-refractivity contribution >= 4 is 11.6 Å². The van der Waals surface area contributed by atoms with Gasteiger partial charge in [0.1, 0.15) is 0 Å². The first-order valence-corrected chi connectivity index (χ1v) is 7.60. The maximum Gasteiger partial charge on any atom is 0.359 e. The highest BCUT2D eigenvalue weighted by molar-refractivity contribution is 6.30. The van der Waals surface area contributed by atoms with Crippen molar-refractivity contribution in [3.8, 4) is 0 Å². The third-order valence-electron chi connectivity index (χ3n) is 3.76. The molecule has 112 valence electrons. The van der Waals surface area contributed by atoms with Crippen molar-refractivity contribution in [3.63, 3.8) is 0 Å². The van der Waals surface area contributed by atoms with E-state index in [1.165, 1.54) is 0 Å². The predicted octanol–water partition coefficient (Wildman–Crippen LogP) is 4.87. The first-order valence-electron chi connectivity index (χ1n) is 7.22. The lowest BCUT2D eigenvalue weighted by molar-refractivity contribution is -0.726. The molecule has 0 bridgehead atoms. The zero-order chi connectivity index (χ0) is 15.6. The number of nitrogens with zero attached hydrogens (tertiary/aromatic N) is 1. The molecule has 1 nitrogen and oxygen atoms in total. The largest absolute Gasteiger partial charge is 0.359 e. The molecule has 0 saturated heterocycles. The van der Waals surface area contributed by atoms with Gasteiger partial charge in [-0.2, -0.15) is 4.57 Å². The molecule has 2 rings (SSSR count). The van der Waals surface area contributed by atoms with Gasteiger partial charge in [0, 0.05) is 23.1 Å². The monoisotopic (exact) mass is 306 g/mol. The highest BCUT2D eigenvalue weighted by Gasteiger charge is 2.21. The van der Waals surface area contributed by atoms with Crippen LogP contribution in [0.1, 0.15) is 44.7 Å². The molecule has 0 spiro atoms. The SMILES string of the molecule is CC(C[n+]1ccc(C(C)(C)C)cc1F)c1ccc(Cl)cc1. The van der Waals surface area contributed by atoms with Crippen molar-refractivity contribution in [1.29, 1.82) is 0 Å². The van der Waals surface area contributed by atoms with Gasteiger partial charge in [-0.1, -0.05) is 51.4 Å². The zero-order valence-corrected chi connectivity index (χ0v) is 13.8. The second-order valence-corrected chi connectivity index (χ2v) is 7.03. The second kappa shape index (κ2) is 6.15. The van der Waals surface area contributed by atoms with Crippen LogP contribution in [0, 0.1) is 5.95 Å². The van der Waals surface area contributed by atoms with Crippen molar-refractivity contribution in [2.24, 2.45) is 0 Å². The summed E-state index contributed by atoms with van der Waals surface area (Å²) in [5.41, 5.74) is 2.13. The Labute approximate surface area is 131 Å². The number of aromatic nitrogens is 1. The van der Waals surface area contributed by atoms with Crippen molar-refractivity contribution in [3.05, 3.63) is 64.7 Å². The third-order valence-corrected chi connectivity index (χ3v) is 4.01. The number of hydrogen-bond donors (Lipinski definition) is 0. The zero-order valence-electron chi connectivity index (χ0n) is 13.0. The summed E-state index contributed by atoms with van der Waals surface area (Å²) in [4.78, 5) is 0. The van der Waals surface area contributed by atoms with E-state index < -0.39 is 0 Å². The molecule has 0 aliphatic rings. The molecule has 0 aliphatic carbocycles. The Kier molecular flexibility index (Phi) is 4.67. The van der Waals surface area contributed by atoms with Crippen LogP contribution in [0.15, 0.2) is 42.6 Å². The summed E-state index contributed by atoms with van der Waals surface area (Å²) in [6.07, 6.45) is 1.84. The Morgan fingerprint density at radius 1 is 1.14 bits per heavy atom. The third kappa shape index (κ3) is 4.04. The molecule has 0 radical (unpaired) electrons. The Hall–Kier alpha value is -1.41. The van der Waals surface area contributed by atoms with Gasteiger partial charge in [-0.25, -0.2) is 0 Å². The van der Waals surface area contributed by atoms with Crippen LogP contribution >= 0.6 is 11.6 Å². The van der Waals surface area contributed by atoms with E-state index in [0.29, 0.717) is 6.54 Å². The summed E-state index contributed by atoms with van der Waals surface area (Å²) in [5.74, 6) is 0.0329. The van der Waals surface area contributed by atoms with E-state index in [1.54, 1.807) is 10.6 Å². The molecule has 21 heavy (non-hydrogen) atoms. The van der Waals surface area contributed by atoms with Crippen LogP contribution in [0.2, 0.25) is 5.02 Å². The minimum absolute atomic E-state index is 0.0400. The standard InChI is InChI=1S/C18H22ClFN/c1-13(14-5-7-16(19)8-6-14)12-21-10-9-15(11-17(21)20)18(2,3)4/h5-11,13H,12H2,1-4H3/q+1. The van der Waals surface area contributed by atoms with Crippen LogP contribution in [0.4, 0.5) is 4.39 Å². The van der Waals surface area contributed by atoms with E-state index in [2.05, 4.69) is 27.7 Å². The van der Waals surface area contributed by atoms with Crippen LogP contribution in [-0.2, 0) is 12.0 Å². The number of benzene rings is 1. The summed E-state index contributed by atoms with van der Waals surface area (Å²) in [5, 5.41) is 0.722. The average Bonchev–Trinajstić information content (AvgIpc) is 2.40. The molecule has 1 unspecified atom stereocenters. The summed E-state index contributed by atoms with van der Waals surface area (Å²) in [6.45, 7) is 8.96.